The van der Waals surface area contributed by atoms with Crippen LogP contribution in [-0.4, -0.2) is 43.5 Å². The maximum Gasteiger partial charge on any atom is 0.238 e. The van der Waals surface area contributed by atoms with E-state index in [1.807, 2.05) is 18.2 Å². The Balaban J connectivity index is 1.50. The molecule has 2 aromatic carbocycles. The molecule has 132 valence electrons. The van der Waals surface area contributed by atoms with Crippen LogP contribution in [0.4, 0.5) is 11.4 Å². The van der Waals surface area contributed by atoms with Gasteiger partial charge in [-0.3, -0.25) is 9.69 Å². The van der Waals surface area contributed by atoms with Crippen molar-refractivity contribution < 1.29 is 4.79 Å². The molecule has 1 aliphatic rings. The van der Waals surface area contributed by atoms with Crippen molar-refractivity contribution in [3.05, 3.63) is 59.7 Å². The van der Waals surface area contributed by atoms with E-state index in [1.54, 1.807) is 0 Å². The number of rotatable bonds is 5. The fourth-order valence-electron chi connectivity index (χ4n) is 3.34. The summed E-state index contributed by atoms with van der Waals surface area (Å²) in [5, 5.41) is 3.02. The lowest BCUT2D eigenvalue weighted by molar-refractivity contribution is -0.117. The van der Waals surface area contributed by atoms with Crippen LogP contribution in [0.25, 0.3) is 0 Å². The number of nitrogens with one attached hydrogen (secondary N) is 1. The Hall–Kier alpha value is -2.33. The first kappa shape index (κ1) is 17.5. The Morgan fingerprint density at radius 1 is 1.04 bits per heavy atom. The van der Waals surface area contributed by atoms with E-state index in [0.29, 0.717) is 6.54 Å². The van der Waals surface area contributed by atoms with E-state index >= 15 is 0 Å². The van der Waals surface area contributed by atoms with Crippen LogP contribution in [0.5, 0.6) is 0 Å². The predicted molar refractivity (Wildman–Crippen MR) is 104 cm³/mol. The molecule has 0 atom stereocenters. The fraction of sp³-hybridized carbons (Fsp3) is 0.381. The van der Waals surface area contributed by atoms with Crippen LogP contribution in [0, 0.1) is 6.92 Å². The van der Waals surface area contributed by atoms with Crippen molar-refractivity contribution in [3.8, 4) is 0 Å². The number of carbonyl (C=O) groups is 1. The third kappa shape index (κ3) is 4.60. The number of hydrogen-bond acceptors (Lipinski definition) is 3. The van der Waals surface area contributed by atoms with Gasteiger partial charge in [0.25, 0.3) is 0 Å². The summed E-state index contributed by atoms with van der Waals surface area (Å²) in [6, 6.07) is 16.6. The number of nitrogens with zero attached hydrogens (tertiary/aromatic N) is 2. The zero-order valence-electron chi connectivity index (χ0n) is 15.2. The van der Waals surface area contributed by atoms with Crippen molar-refractivity contribution in [3.63, 3.8) is 0 Å². The largest absolute Gasteiger partial charge is 0.369 e. The van der Waals surface area contributed by atoms with Gasteiger partial charge in [-0.25, -0.2) is 0 Å². The lowest BCUT2D eigenvalue weighted by Gasteiger charge is -2.36. The van der Waals surface area contributed by atoms with Gasteiger partial charge < -0.3 is 10.2 Å². The third-order valence-corrected chi connectivity index (χ3v) is 4.81. The Labute approximate surface area is 150 Å². The number of piperazine rings is 1. The van der Waals surface area contributed by atoms with Crippen LogP contribution in [0.2, 0.25) is 0 Å². The van der Waals surface area contributed by atoms with Gasteiger partial charge in [0.15, 0.2) is 0 Å². The molecule has 1 saturated heterocycles. The number of para-hydroxylation sites is 1. The maximum atomic E-state index is 12.3. The SMILES string of the molecule is CCc1cccc(NC(=O)CN2CCN(c3ccccc3C)CC2)c1. The second-order valence-corrected chi connectivity index (χ2v) is 6.65. The molecule has 1 fully saturated rings. The minimum absolute atomic E-state index is 0.0672. The van der Waals surface area contributed by atoms with Crippen molar-refractivity contribution >= 4 is 17.3 Å². The van der Waals surface area contributed by atoms with Gasteiger partial charge >= 0.3 is 0 Å². The van der Waals surface area contributed by atoms with Crippen molar-refractivity contribution in [1.82, 2.24) is 4.90 Å². The molecule has 25 heavy (non-hydrogen) atoms. The second kappa shape index (κ2) is 8.17. The zero-order valence-corrected chi connectivity index (χ0v) is 15.2. The summed E-state index contributed by atoms with van der Waals surface area (Å²) in [7, 11) is 0. The quantitative estimate of drug-likeness (QED) is 0.909. The molecule has 0 aromatic heterocycles. The molecule has 1 heterocycles. The number of carbonyl (C=O) groups excluding carboxylic acids is 1. The highest BCUT2D eigenvalue weighted by atomic mass is 16.2. The molecule has 4 heteroatoms. The van der Waals surface area contributed by atoms with Gasteiger partial charge in [0.1, 0.15) is 0 Å². The highest BCUT2D eigenvalue weighted by molar-refractivity contribution is 5.92. The van der Waals surface area contributed by atoms with Crippen LogP contribution in [0.15, 0.2) is 48.5 Å². The maximum absolute atomic E-state index is 12.3. The summed E-state index contributed by atoms with van der Waals surface area (Å²) in [5.41, 5.74) is 4.75. The molecular weight excluding hydrogens is 310 g/mol. The number of amides is 1. The van der Waals surface area contributed by atoms with Gasteiger partial charge in [-0.15, -0.1) is 0 Å². The van der Waals surface area contributed by atoms with Gasteiger partial charge in [0.2, 0.25) is 5.91 Å². The Kier molecular flexibility index (Phi) is 5.71. The molecule has 0 spiro atoms. The normalized spacial score (nSPS) is 15.2. The smallest absolute Gasteiger partial charge is 0.238 e. The van der Waals surface area contributed by atoms with Crippen molar-refractivity contribution in [2.45, 2.75) is 20.3 Å². The molecule has 0 unspecified atom stereocenters. The molecule has 2 aromatic rings. The van der Waals surface area contributed by atoms with E-state index in [9.17, 15) is 4.79 Å². The summed E-state index contributed by atoms with van der Waals surface area (Å²) in [5.74, 6) is 0.0672. The molecule has 1 N–H and O–H groups in total. The minimum Gasteiger partial charge on any atom is -0.369 e. The fourth-order valence-corrected chi connectivity index (χ4v) is 3.34. The Bertz CT molecular complexity index is 721. The molecule has 0 bridgehead atoms. The molecule has 4 nitrogen and oxygen atoms in total. The molecule has 3 rings (SSSR count). The van der Waals surface area contributed by atoms with Crippen LogP contribution >= 0.6 is 0 Å². The highest BCUT2D eigenvalue weighted by Crippen LogP contribution is 2.20. The summed E-state index contributed by atoms with van der Waals surface area (Å²) < 4.78 is 0. The highest BCUT2D eigenvalue weighted by Gasteiger charge is 2.20. The molecule has 1 aliphatic heterocycles. The van der Waals surface area contributed by atoms with Crippen LogP contribution < -0.4 is 10.2 Å². The first-order valence-corrected chi connectivity index (χ1v) is 9.07. The minimum atomic E-state index is 0.0672. The lowest BCUT2D eigenvalue weighted by atomic mass is 10.1. The van der Waals surface area contributed by atoms with Crippen molar-refractivity contribution in [2.75, 3.05) is 42.9 Å². The number of aryl methyl sites for hydroxylation is 2. The zero-order chi connectivity index (χ0) is 17.6. The standard InChI is InChI=1S/C21H27N3O/c1-3-18-8-6-9-19(15-18)22-21(25)16-23-11-13-24(14-12-23)20-10-5-4-7-17(20)2/h4-10,15H,3,11-14,16H2,1-2H3,(H,22,25). The first-order chi connectivity index (χ1) is 12.2. The number of anilines is 2. The molecule has 0 aliphatic carbocycles. The van der Waals surface area contributed by atoms with Gasteiger partial charge in [0, 0.05) is 37.6 Å². The molecule has 0 radical (unpaired) electrons. The van der Waals surface area contributed by atoms with Crippen molar-refractivity contribution in [2.24, 2.45) is 0 Å². The summed E-state index contributed by atoms with van der Waals surface area (Å²) in [6.45, 7) is 8.48. The molecule has 1 amide bonds. The van der Waals surface area contributed by atoms with Crippen molar-refractivity contribution in [1.29, 1.82) is 0 Å². The lowest BCUT2D eigenvalue weighted by Crippen LogP contribution is -2.48. The van der Waals surface area contributed by atoms with Gasteiger partial charge in [-0.2, -0.15) is 0 Å². The summed E-state index contributed by atoms with van der Waals surface area (Å²) >= 11 is 0. The van der Waals surface area contributed by atoms with Crippen LogP contribution in [0.1, 0.15) is 18.1 Å². The average Bonchev–Trinajstić information content (AvgIpc) is 2.63. The predicted octanol–water partition coefficient (Wildman–Crippen LogP) is 3.32. The molecular formula is C21H27N3O. The van der Waals surface area contributed by atoms with E-state index in [-0.39, 0.29) is 5.91 Å². The topological polar surface area (TPSA) is 35.6 Å². The average molecular weight is 337 g/mol. The second-order valence-electron chi connectivity index (χ2n) is 6.65. The van der Waals surface area contributed by atoms with Crippen LogP contribution in [0.3, 0.4) is 0 Å². The van der Waals surface area contributed by atoms with E-state index in [4.69, 9.17) is 0 Å². The van der Waals surface area contributed by atoms with Crippen LogP contribution in [-0.2, 0) is 11.2 Å². The van der Waals surface area contributed by atoms with E-state index in [1.165, 1.54) is 16.8 Å². The van der Waals surface area contributed by atoms with E-state index in [2.05, 4.69) is 59.3 Å². The monoisotopic (exact) mass is 337 g/mol. The third-order valence-electron chi connectivity index (χ3n) is 4.81. The van der Waals surface area contributed by atoms with Gasteiger partial charge in [-0.05, 0) is 42.7 Å². The molecule has 0 saturated carbocycles. The Morgan fingerprint density at radius 2 is 1.80 bits per heavy atom. The first-order valence-electron chi connectivity index (χ1n) is 9.07. The summed E-state index contributed by atoms with van der Waals surface area (Å²) in [4.78, 5) is 17.0. The number of hydrogen-bond donors (Lipinski definition) is 1. The Morgan fingerprint density at radius 3 is 2.52 bits per heavy atom. The summed E-state index contributed by atoms with van der Waals surface area (Å²) in [6.07, 6.45) is 0.977. The van der Waals surface area contributed by atoms with Gasteiger partial charge in [-0.1, -0.05) is 37.3 Å². The van der Waals surface area contributed by atoms with E-state index < -0.39 is 0 Å². The van der Waals surface area contributed by atoms with Gasteiger partial charge in [0.05, 0.1) is 6.54 Å². The number of benzene rings is 2. The van der Waals surface area contributed by atoms with E-state index in [0.717, 1.165) is 38.3 Å².